The maximum atomic E-state index is 8.77. The molecule has 0 fully saturated rings. The Morgan fingerprint density at radius 2 is 1.59 bits per heavy atom. The van der Waals surface area contributed by atoms with Gasteiger partial charge in [-0.05, 0) is 60.7 Å². The lowest BCUT2D eigenvalue weighted by atomic mass is 10.0. The highest BCUT2D eigenvalue weighted by Gasteiger charge is 2.11. The fourth-order valence-corrected chi connectivity index (χ4v) is 3.41. The van der Waals surface area contributed by atoms with Crippen molar-refractivity contribution in [1.29, 1.82) is 0 Å². The van der Waals surface area contributed by atoms with Crippen LogP contribution in [-0.2, 0) is 0 Å². The fraction of sp³-hybridized carbons (Fsp3) is 0.440. The number of ether oxygens (including phenoxy) is 3. The third-order valence-corrected chi connectivity index (χ3v) is 5.08. The smallest absolute Gasteiger partial charge is 0.161 e. The Bertz CT molecular complexity index is 780. The van der Waals surface area contributed by atoms with Crippen LogP contribution < -0.4 is 14.2 Å². The minimum Gasteiger partial charge on any atom is -0.494 e. The van der Waals surface area contributed by atoms with Crippen LogP contribution in [0.3, 0.4) is 0 Å². The van der Waals surface area contributed by atoms with Crippen molar-refractivity contribution in [3.8, 4) is 17.2 Å². The van der Waals surface area contributed by atoms with Gasteiger partial charge in [-0.2, -0.15) is 0 Å². The van der Waals surface area contributed by atoms with E-state index >= 15 is 0 Å². The summed E-state index contributed by atoms with van der Waals surface area (Å²) in [6.45, 7) is 4.39. The van der Waals surface area contributed by atoms with E-state index in [0.29, 0.717) is 19.8 Å². The standard InChI is InChI=1S/C25H32O4/c1-20(18-21-8-13-24-25(19-21)29-17-16-28-24)22-9-11-23(12-10-22)27-15-7-5-3-2-4-6-14-26/h8-13,18-19,26H,2-7,14-17H2,1H3/b20-18-. The second kappa shape index (κ2) is 11.5. The van der Waals surface area contributed by atoms with E-state index in [9.17, 15) is 0 Å². The second-order valence-corrected chi connectivity index (χ2v) is 7.45. The third kappa shape index (κ3) is 6.82. The highest BCUT2D eigenvalue weighted by molar-refractivity contribution is 5.80. The van der Waals surface area contributed by atoms with Crippen LogP contribution in [0.25, 0.3) is 11.6 Å². The molecule has 0 aromatic heterocycles. The number of benzene rings is 2. The van der Waals surface area contributed by atoms with Gasteiger partial charge in [-0.15, -0.1) is 0 Å². The number of unbranched alkanes of at least 4 members (excludes halogenated alkanes) is 5. The number of hydrogen-bond acceptors (Lipinski definition) is 4. The zero-order valence-electron chi connectivity index (χ0n) is 17.4. The van der Waals surface area contributed by atoms with Crippen molar-refractivity contribution in [1.82, 2.24) is 0 Å². The van der Waals surface area contributed by atoms with E-state index in [-0.39, 0.29) is 0 Å². The van der Waals surface area contributed by atoms with Crippen molar-refractivity contribution in [3.05, 3.63) is 53.6 Å². The first-order valence-electron chi connectivity index (χ1n) is 10.7. The maximum absolute atomic E-state index is 8.77. The molecule has 0 bridgehead atoms. The van der Waals surface area contributed by atoms with Crippen molar-refractivity contribution in [2.75, 3.05) is 26.4 Å². The molecule has 0 atom stereocenters. The summed E-state index contributed by atoms with van der Waals surface area (Å²) in [6.07, 6.45) is 8.87. The number of rotatable bonds is 11. The number of aliphatic hydroxyl groups is 1. The number of allylic oxidation sites excluding steroid dienone is 1. The minimum absolute atomic E-state index is 0.310. The molecule has 0 aliphatic carbocycles. The van der Waals surface area contributed by atoms with E-state index in [0.717, 1.165) is 48.7 Å². The Labute approximate surface area is 174 Å². The second-order valence-electron chi connectivity index (χ2n) is 7.45. The topological polar surface area (TPSA) is 47.9 Å². The van der Waals surface area contributed by atoms with Crippen LogP contribution >= 0.6 is 0 Å². The van der Waals surface area contributed by atoms with Gasteiger partial charge in [-0.25, -0.2) is 0 Å². The van der Waals surface area contributed by atoms with E-state index in [4.69, 9.17) is 19.3 Å². The van der Waals surface area contributed by atoms with Crippen LogP contribution in [-0.4, -0.2) is 31.5 Å². The molecule has 0 saturated heterocycles. The van der Waals surface area contributed by atoms with Crippen molar-refractivity contribution in [2.45, 2.75) is 45.4 Å². The van der Waals surface area contributed by atoms with Crippen LogP contribution in [0.5, 0.6) is 17.2 Å². The summed E-state index contributed by atoms with van der Waals surface area (Å²) in [7, 11) is 0. The summed E-state index contributed by atoms with van der Waals surface area (Å²) in [5.41, 5.74) is 3.47. The molecule has 29 heavy (non-hydrogen) atoms. The van der Waals surface area contributed by atoms with Crippen molar-refractivity contribution in [3.63, 3.8) is 0 Å². The van der Waals surface area contributed by atoms with Gasteiger partial charge in [0.25, 0.3) is 0 Å². The Balaban J connectivity index is 1.46. The average Bonchev–Trinajstić information content (AvgIpc) is 2.76. The lowest BCUT2D eigenvalue weighted by molar-refractivity contribution is 0.171. The Morgan fingerprint density at radius 3 is 2.34 bits per heavy atom. The van der Waals surface area contributed by atoms with Gasteiger partial charge >= 0.3 is 0 Å². The van der Waals surface area contributed by atoms with Crippen molar-refractivity contribution < 1.29 is 19.3 Å². The summed E-state index contributed by atoms with van der Waals surface area (Å²) < 4.78 is 17.1. The number of fused-ring (bicyclic) bond motifs is 1. The maximum Gasteiger partial charge on any atom is 0.161 e. The fourth-order valence-electron chi connectivity index (χ4n) is 3.41. The summed E-state index contributed by atoms with van der Waals surface area (Å²) in [4.78, 5) is 0. The molecule has 0 saturated carbocycles. The third-order valence-electron chi connectivity index (χ3n) is 5.08. The van der Waals surface area contributed by atoms with Gasteiger partial charge < -0.3 is 19.3 Å². The van der Waals surface area contributed by atoms with Gasteiger partial charge in [-0.1, -0.05) is 50.0 Å². The number of aliphatic hydroxyl groups excluding tert-OH is 1. The molecule has 0 radical (unpaired) electrons. The van der Waals surface area contributed by atoms with Crippen LogP contribution in [0, 0.1) is 0 Å². The summed E-state index contributed by atoms with van der Waals surface area (Å²) in [6, 6.07) is 14.3. The van der Waals surface area contributed by atoms with E-state index in [1.54, 1.807) is 0 Å². The van der Waals surface area contributed by atoms with Gasteiger partial charge in [0.1, 0.15) is 19.0 Å². The van der Waals surface area contributed by atoms with Crippen molar-refractivity contribution >= 4 is 11.6 Å². The van der Waals surface area contributed by atoms with E-state index in [1.165, 1.54) is 30.4 Å². The molecule has 4 nitrogen and oxygen atoms in total. The van der Waals surface area contributed by atoms with E-state index < -0.39 is 0 Å². The zero-order valence-corrected chi connectivity index (χ0v) is 17.4. The van der Waals surface area contributed by atoms with Crippen LogP contribution in [0.4, 0.5) is 0 Å². The highest BCUT2D eigenvalue weighted by Crippen LogP contribution is 2.32. The SMILES string of the molecule is C/C(=C/c1ccc2c(c1)OCCO2)c1ccc(OCCCCCCCCO)cc1. The summed E-state index contributed by atoms with van der Waals surface area (Å²) in [5, 5.41) is 8.77. The molecule has 156 valence electrons. The normalized spacial score (nSPS) is 13.4. The van der Waals surface area contributed by atoms with Crippen LogP contribution in [0.2, 0.25) is 0 Å². The summed E-state index contributed by atoms with van der Waals surface area (Å²) >= 11 is 0. The first kappa shape index (κ1) is 21.3. The lowest BCUT2D eigenvalue weighted by Gasteiger charge is -2.18. The molecule has 0 unspecified atom stereocenters. The largest absolute Gasteiger partial charge is 0.494 e. The quantitative estimate of drug-likeness (QED) is 0.389. The van der Waals surface area contributed by atoms with E-state index in [1.807, 2.05) is 24.3 Å². The highest BCUT2D eigenvalue weighted by atomic mass is 16.6. The molecule has 0 spiro atoms. The molecular formula is C25H32O4. The monoisotopic (exact) mass is 396 g/mol. The van der Waals surface area contributed by atoms with Gasteiger partial charge in [-0.3, -0.25) is 0 Å². The first-order chi connectivity index (χ1) is 14.3. The molecule has 0 amide bonds. The molecule has 1 heterocycles. The molecule has 1 aliphatic rings. The van der Waals surface area contributed by atoms with Crippen LogP contribution in [0.1, 0.15) is 56.6 Å². The molecule has 2 aromatic carbocycles. The average molecular weight is 397 g/mol. The first-order valence-corrected chi connectivity index (χ1v) is 10.7. The number of hydrogen-bond donors (Lipinski definition) is 1. The Hall–Kier alpha value is -2.46. The van der Waals surface area contributed by atoms with Gasteiger partial charge in [0.05, 0.1) is 6.61 Å². The molecule has 1 N–H and O–H groups in total. The Morgan fingerprint density at radius 1 is 0.897 bits per heavy atom. The Kier molecular flexibility index (Phi) is 8.44. The molecule has 3 rings (SSSR count). The van der Waals surface area contributed by atoms with Crippen LogP contribution in [0.15, 0.2) is 42.5 Å². The molecule has 2 aromatic rings. The van der Waals surface area contributed by atoms with Crippen molar-refractivity contribution in [2.24, 2.45) is 0 Å². The van der Waals surface area contributed by atoms with Gasteiger partial charge in [0.2, 0.25) is 0 Å². The predicted octanol–water partition coefficient (Wildman–Crippen LogP) is 5.73. The molecule has 1 aliphatic heterocycles. The predicted molar refractivity (Wildman–Crippen MR) is 118 cm³/mol. The van der Waals surface area contributed by atoms with Gasteiger partial charge in [0.15, 0.2) is 11.5 Å². The minimum atomic E-state index is 0.310. The summed E-state index contributed by atoms with van der Waals surface area (Å²) in [5.74, 6) is 2.55. The zero-order chi connectivity index (χ0) is 20.3. The molecular weight excluding hydrogens is 364 g/mol. The van der Waals surface area contributed by atoms with Gasteiger partial charge in [0, 0.05) is 6.61 Å². The lowest BCUT2D eigenvalue weighted by Crippen LogP contribution is -2.15. The molecule has 4 heteroatoms. The van der Waals surface area contributed by atoms with E-state index in [2.05, 4.69) is 31.2 Å².